The van der Waals surface area contributed by atoms with Crippen LogP contribution in [0.4, 0.5) is 5.95 Å². The van der Waals surface area contributed by atoms with Gasteiger partial charge in [0.2, 0.25) is 5.95 Å². The molecule has 1 aromatic rings. The molecule has 1 N–H and O–H groups in total. The van der Waals surface area contributed by atoms with E-state index in [1.165, 1.54) is 32.1 Å². The second-order valence-electron chi connectivity index (χ2n) is 4.84. The van der Waals surface area contributed by atoms with Crippen LogP contribution in [0.2, 0.25) is 0 Å². The highest BCUT2D eigenvalue weighted by Gasteiger charge is 2.32. The van der Waals surface area contributed by atoms with Gasteiger partial charge in [0.15, 0.2) is 0 Å². The van der Waals surface area contributed by atoms with Crippen molar-refractivity contribution < 1.29 is 0 Å². The van der Waals surface area contributed by atoms with E-state index in [1.54, 1.807) is 0 Å². The predicted molar refractivity (Wildman–Crippen MR) is 63.0 cm³/mol. The maximum Gasteiger partial charge on any atom is 0.203 e. The number of unbranched alkanes of at least 4 members (excludes halogenated alkanes) is 1. The Kier molecular flexibility index (Phi) is 2.98. The van der Waals surface area contributed by atoms with E-state index >= 15 is 0 Å². The zero-order valence-corrected chi connectivity index (χ0v) is 9.79. The van der Waals surface area contributed by atoms with Gasteiger partial charge in [-0.25, -0.2) is 4.98 Å². The van der Waals surface area contributed by atoms with Crippen molar-refractivity contribution in [1.82, 2.24) is 9.55 Å². The molecule has 1 fully saturated rings. The minimum Gasteiger partial charge on any atom is -0.351 e. The van der Waals surface area contributed by atoms with Gasteiger partial charge in [-0.2, -0.15) is 0 Å². The van der Waals surface area contributed by atoms with Crippen LogP contribution < -0.4 is 5.32 Å². The van der Waals surface area contributed by atoms with Gasteiger partial charge in [-0.05, 0) is 32.6 Å². The molecule has 0 saturated heterocycles. The van der Waals surface area contributed by atoms with Gasteiger partial charge in [0.25, 0.3) is 0 Å². The molecule has 0 aromatic carbocycles. The average Bonchev–Trinajstić information content (AvgIpc) is 2.60. The molecule has 1 heterocycles. The number of aromatic nitrogens is 2. The van der Waals surface area contributed by atoms with Gasteiger partial charge >= 0.3 is 0 Å². The fraction of sp³-hybridized carbons (Fsp3) is 0.750. The molecule has 0 aliphatic heterocycles. The molecule has 15 heavy (non-hydrogen) atoms. The second-order valence-corrected chi connectivity index (χ2v) is 4.84. The van der Waals surface area contributed by atoms with Crippen LogP contribution in [0, 0.1) is 0 Å². The van der Waals surface area contributed by atoms with Crippen LogP contribution >= 0.6 is 0 Å². The van der Waals surface area contributed by atoms with Gasteiger partial charge in [-0.15, -0.1) is 0 Å². The molecule has 3 heteroatoms. The summed E-state index contributed by atoms with van der Waals surface area (Å²) in [4.78, 5) is 4.39. The van der Waals surface area contributed by atoms with Crippen LogP contribution in [0.3, 0.4) is 0 Å². The third-order valence-corrected chi connectivity index (χ3v) is 3.34. The summed E-state index contributed by atoms with van der Waals surface area (Å²) in [6.07, 6.45) is 10.3. The van der Waals surface area contributed by atoms with Gasteiger partial charge < -0.3 is 9.88 Å². The molecule has 3 nitrogen and oxygen atoms in total. The molecule has 1 aromatic heterocycles. The van der Waals surface area contributed by atoms with E-state index in [0.717, 1.165) is 12.5 Å². The number of hydrogen-bond donors (Lipinski definition) is 1. The Morgan fingerprint density at radius 2 is 2.33 bits per heavy atom. The first-order valence-electron chi connectivity index (χ1n) is 6.03. The first-order valence-corrected chi connectivity index (χ1v) is 6.03. The van der Waals surface area contributed by atoms with E-state index in [-0.39, 0.29) is 0 Å². The quantitative estimate of drug-likeness (QED) is 0.804. The Bertz CT molecular complexity index is 312. The zero-order chi connectivity index (χ0) is 10.7. The lowest BCUT2D eigenvalue weighted by Crippen LogP contribution is -2.42. The second kappa shape index (κ2) is 4.25. The van der Waals surface area contributed by atoms with Crippen molar-refractivity contribution in [2.75, 3.05) is 5.32 Å². The summed E-state index contributed by atoms with van der Waals surface area (Å²) in [6, 6.07) is 0. The first-order chi connectivity index (χ1) is 7.23. The third-order valence-electron chi connectivity index (χ3n) is 3.34. The van der Waals surface area contributed by atoms with E-state index < -0.39 is 0 Å². The summed E-state index contributed by atoms with van der Waals surface area (Å²) < 4.78 is 2.23. The number of nitrogens with zero attached hydrogens (tertiary/aromatic N) is 2. The first kappa shape index (κ1) is 10.5. The van der Waals surface area contributed by atoms with E-state index in [2.05, 4.69) is 34.9 Å². The van der Waals surface area contributed by atoms with Crippen LogP contribution in [-0.2, 0) is 6.54 Å². The summed E-state index contributed by atoms with van der Waals surface area (Å²) in [6.45, 7) is 5.58. The molecule has 0 bridgehead atoms. The van der Waals surface area contributed by atoms with E-state index in [0.29, 0.717) is 5.54 Å². The largest absolute Gasteiger partial charge is 0.351 e. The summed E-state index contributed by atoms with van der Waals surface area (Å²) >= 11 is 0. The Morgan fingerprint density at radius 3 is 2.93 bits per heavy atom. The lowest BCUT2D eigenvalue weighted by atomic mass is 9.79. The molecule has 1 aliphatic rings. The molecule has 1 saturated carbocycles. The molecule has 0 unspecified atom stereocenters. The topological polar surface area (TPSA) is 29.9 Å². The molecule has 2 rings (SSSR count). The van der Waals surface area contributed by atoms with Crippen molar-refractivity contribution in [3.05, 3.63) is 12.4 Å². The van der Waals surface area contributed by atoms with Crippen LogP contribution in [-0.4, -0.2) is 15.1 Å². The third kappa shape index (κ3) is 2.33. The maximum atomic E-state index is 4.39. The normalized spacial score (nSPS) is 18.5. The molecule has 0 atom stereocenters. The Morgan fingerprint density at radius 1 is 1.53 bits per heavy atom. The van der Waals surface area contributed by atoms with Crippen LogP contribution in [0.1, 0.15) is 46.0 Å². The van der Waals surface area contributed by atoms with Gasteiger partial charge in [-0.1, -0.05) is 13.3 Å². The highest BCUT2D eigenvalue weighted by atomic mass is 15.2. The monoisotopic (exact) mass is 207 g/mol. The van der Waals surface area contributed by atoms with Crippen molar-refractivity contribution >= 4 is 5.95 Å². The number of hydrogen-bond acceptors (Lipinski definition) is 2. The highest BCUT2D eigenvalue weighted by molar-refractivity contribution is 5.31. The van der Waals surface area contributed by atoms with Gasteiger partial charge in [-0.3, -0.25) is 0 Å². The molecule has 84 valence electrons. The summed E-state index contributed by atoms with van der Waals surface area (Å²) in [5, 5.41) is 3.56. The number of aryl methyl sites for hydroxylation is 1. The molecule has 0 amide bonds. The highest BCUT2D eigenvalue weighted by Crippen LogP contribution is 2.34. The number of nitrogens with one attached hydrogen (secondary N) is 1. The molecular formula is C12H21N3. The summed E-state index contributed by atoms with van der Waals surface area (Å²) in [7, 11) is 0. The van der Waals surface area contributed by atoms with Gasteiger partial charge in [0, 0.05) is 24.5 Å². The Hall–Kier alpha value is -0.990. The lowest BCUT2D eigenvalue weighted by molar-refractivity contribution is 0.303. The number of rotatable bonds is 5. The predicted octanol–water partition coefficient (Wildman–Crippen LogP) is 3.04. The Labute approximate surface area is 91.9 Å². The number of imidazole rings is 1. The van der Waals surface area contributed by atoms with Crippen molar-refractivity contribution in [2.45, 2.75) is 58.0 Å². The fourth-order valence-corrected chi connectivity index (χ4v) is 2.04. The Balaban J connectivity index is 1.98. The lowest BCUT2D eigenvalue weighted by Gasteiger charge is -2.39. The van der Waals surface area contributed by atoms with E-state index in [9.17, 15) is 0 Å². The smallest absolute Gasteiger partial charge is 0.203 e. The van der Waals surface area contributed by atoms with Gasteiger partial charge in [0.1, 0.15) is 0 Å². The number of anilines is 1. The van der Waals surface area contributed by atoms with Crippen molar-refractivity contribution in [1.29, 1.82) is 0 Å². The van der Waals surface area contributed by atoms with Gasteiger partial charge in [0.05, 0.1) is 0 Å². The maximum absolute atomic E-state index is 4.39. The minimum atomic E-state index is 0.301. The SMILES string of the molecule is CCCCn1ccnc1NC1(C)CCC1. The average molecular weight is 207 g/mol. The zero-order valence-electron chi connectivity index (χ0n) is 9.79. The van der Waals surface area contributed by atoms with Crippen LogP contribution in [0.5, 0.6) is 0 Å². The summed E-state index contributed by atoms with van der Waals surface area (Å²) in [5.74, 6) is 1.05. The minimum absolute atomic E-state index is 0.301. The molecule has 1 aliphatic carbocycles. The fourth-order valence-electron chi connectivity index (χ4n) is 2.04. The molecule has 0 radical (unpaired) electrons. The molecular weight excluding hydrogens is 186 g/mol. The van der Waals surface area contributed by atoms with Crippen molar-refractivity contribution in [2.24, 2.45) is 0 Å². The van der Waals surface area contributed by atoms with E-state index in [1.807, 2.05) is 6.20 Å². The van der Waals surface area contributed by atoms with Crippen molar-refractivity contribution in [3.8, 4) is 0 Å². The van der Waals surface area contributed by atoms with Crippen molar-refractivity contribution in [3.63, 3.8) is 0 Å². The van der Waals surface area contributed by atoms with Crippen LogP contribution in [0.25, 0.3) is 0 Å². The molecule has 0 spiro atoms. The van der Waals surface area contributed by atoms with Crippen LogP contribution in [0.15, 0.2) is 12.4 Å². The standard InChI is InChI=1S/C12H21N3/c1-3-4-9-15-10-8-13-11(15)14-12(2)6-5-7-12/h8,10H,3-7,9H2,1-2H3,(H,13,14). The van der Waals surface area contributed by atoms with E-state index in [4.69, 9.17) is 0 Å². The summed E-state index contributed by atoms with van der Waals surface area (Å²) in [5.41, 5.74) is 0.301.